The second-order valence-electron chi connectivity index (χ2n) is 5.99. The topological polar surface area (TPSA) is 32.3 Å². The average molecular weight is 312 g/mol. The molecule has 1 amide bonds. The molecule has 0 unspecified atom stereocenters. The summed E-state index contributed by atoms with van der Waals surface area (Å²) in [5.74, 6) is -0.527. The maximum Gasteiger partial charge on any atom is 0.251 e. The Morgan fingerprint density at radius 2 is 1.57 bits per heavy atom. The second-order valence-corrected chi connectivity index (χ2v) is 5.99. The van der Waals surface area contributed by atoms with Gasteiger partial charge in [-0.15, -0.1) is 0 Å². The molecule has 0 spiro atoms. The molecule has 0 atom stereocenters. The Balaban J connectivity index is 1.51. The normalized spacial score (nSPS) is 14.8. The zero-order chi connectivity index (χ0) is 16.1. The van der Waals surface area contributed by atoms with Gasteiger partial charge >= 0.3 is 0 Å². The molecule has 23 heavy (non-hydrogen) atoms. The van der Waals surface area contributed by atoms with Crippen LogP contribution in [0.3, 0.4) is 0 Å². The molecule has 1 fully saturated rings. The highest BCUT2D eigenvalue weighted by Crippen LogP contribution is 2.13. The number of halogens is 1. The van der Waals surface area contributed by atoms with Crippen molar-refractivity contribution < 1.29 is 9.18 Å². The summed E-state index contributed by atoms with van der Waals surface area (Å²) < 4.78 is 12.8. The van der Waals surface area contributed by atoms with E-state index in [1.807, 2.05) is 0 Å². The lowest BCUT2D eigenvalue weighted by atomic mass is 10.1. The van der Waals surface area contributed by atoms with Crippen LogP contribution in [0.1, 0.15) is 34.3 Å². The van der Waals surface area contributed by atoms with E-state index < -0.39 is 0 Å². The smallest absolute Gasteiger partial charge is 0.251 e. The quantitative estimate of drug-likeness (QED) is 0.918. The van der Waals surface area contributed by atoms with Gasteiger partial charge in [0.15, 0.2) is 0 Å². The molecule has 2 aromatic rings. The first kappa shape index (κ1) is 15.7. The number of carbonyl (C=O) groups excluding carboxylic acids is 1. The van der Waals surface area contributed by atoms with Crippen LogP contribution in [0, 0.1) is 5.82 Å². The van der Waals surface area contributed by atoms with Gasteiger partial charge in [-0.3, -0.25) is 9.69 Å². The van der Waals surface area contributed by atoms with E-state index in [-0.39, 0.29) is 11.7 Å². The van der Waals surface area contributed by atoms with Crippen molar-refractivity contribution in [2.45, 2.75) is 25.9 Å². The molecule has 3 nitrogen and oxygen atoms in total. The summed E-state index contributed by atoms with van der Waals surface area (Å²) in [6.45, 7) is 3.85. The van der Waals surface area contributed by atoms with Crippen LogP contribution in [0.5, 0.6) is 0 Å². The molecule has 1 aliphatic rings. The number of hydrogen-bond acceptors (Lipinski definition) is 2. The van der Waals surface area contributed by atoms with Crippen molar-refractivity contribution in [3.8, 4) is 0 Å². The summed E-state index contributed by atoms with van der Waals surface area (Å²) in [6, 6.07) is 13.9. The van der Waals surface area contributed by atoms with E-state index in [9.17, 15) is 9.18 Å². The van der Waals surface area contributed by atoms with Crippen molar-refractivity contribution in [1.82, 2.24) is 10.2 Å². The van der Waals surface area contributed by atoms with Crippen LogP contribution in [-0.4, -0.2) is 23.9 Å². The van der Waals surface area contributed by atoms with E-state index in [4.69, 9.17) is 0 Å². The summed E-state index contributed by atoms with van der Waals surface area (Å²) >= 11 is 0. The maximum absolute atomic E-state index is 12.8. The van der Waals surface area contributed by atoms with E-state index in [2.05, 4.69) is 34.5 Å². The fourth-order valence-corrected chi connectivity index (χ4v) is 2.85. The number of carbonyl (C=O) groups is 1. The highest BCUT2D eigenvalue weighted by molar-refractivity contribution is 5.94. The first-order valence-electron chi connectivity index (χ1n) is 8.05. The number of hydrogen-bond donors (Lipinski definition) is 1. The van der Waals surface area contributed by atoms with Gasteiger partial charge in [0.05, 0.1) is 0 Å². The molecule has 0 bridgehead atoms. The summed E-state index contributed by atoms with van der Waals surface area (Å²) in [6.07, 6.45) is 2.60. The molecule has 1 heterocycles. The number of nitrogens with one attached hydrogen (secondary N) is 1. The number of amides is 1. The van der Waals surface area contributed by atoms with Gasteiger partial charge < -0.3 is 5.32 Å². The molecule has 0 aromatic heterocycles. The fraction of sp³-hybridized carbons (Fsp3) is 0.316. The summed E-state index contributed by atoms with van der Waals surface area (Å²) in [4.78, 5) is 14.4. The van der Waals surface area contributed by atoms with Crippen molar-refractivity contribution in [2.24, 2.45) is 0 Å². The van der Waals surface area contributed by atoms with Gasteiger partial charge in [-0.25, -0.2) is 4.39 Å². The van der Waals surface area contributed by atoms with Gasteiger partial charge in [0.1, 0.15) is 5.82 Å². The van der Waals surface area contributed by atoms with Crippen LogP contribution in [0.4, 0.5) is 4.39 Å². The Hall–Kier alpha value is -2.20. The first-order valence-corrected chi connectivity index (χ1v) is 8.05. The summed E-state index contributed by atoms with van der Waals surface area (Å²) in [7, 11) is 0. The summed E-state index contributed by atoms with van der Waals surface area (Å²) in [5.41, 5.74) is 2.84. The van der Waals surface area contributed by atoms with Crippen molar-refractivity contribution in [1.29, 1.82) is 0 Å². The molecule has 1 N–H and O–H groups in total. The minimum atomic E-state index is -0.338. The van der Waals surface area contributed by atoms with Crippen LogP contribution in [0.2, 0.25) is 0 Å². The second kappa shape index (κ2) is 7.38. The largest absolute Gasteiger partial charge is 0.348 e. The molecular weight excluding hydrogens is 291 g/mol. The van der Waals surface area contributed by atoms with Gasteiger partial charge in [0, 0.05) is 18.7 Å². The molecule has 1 aliphatic heterocycles. The molecule has 2 aromatic carbocycles. The average Bonchev–Trinajstić information content (AvgIpc) is 3.07. The molecule has 0 radical (unpaired) electrons. The standard InChI is InChI=1S/C19H21FN2O/c20-18-9-7-17(8-10-18)19(23)21-13-15-3-5-16(6-4-15)14-22-11-1-2-12-22/h3-10H,1-2,11-14H2,(H,21,23). The Morgan fingerprint density at radius 3 is 2.22 bits per heavy atom. The highest BCUT2D eigenvalue weighted by atomic mass is 19.1. The van der Waals surface area contributed by atoms with Crippen LogP contribution in [0.15, 0.2) is 48.5 Å². The maximum atomic E-state index is 12.8. The predicted molar refractivity (Wildman–Crippen MR) is 88.5 cm³/mol. The zero-order valence-corrected chi connectivity index (χ0v) is 13.1. The lowest BCUT2D eigenvalue weighted by molar-refractivity contribution is 0.0951. The van der Waals surface area contributed by atoms with Crippen molar-refractivity contribution in [2.75, 3.05) is 13.1 Å². The molecule has 0 saturated carbocycles. The molecular formula is C19H21FN2O. The molecule has 0 aliphatic carbocycles. The highest BCUT2D eigenvalue weighted by Gasteiger charge is 2.11. The van der Waals surface area contributed by atoms with Gasteiger partial charge in [0.25, 0.3) is 5.91 Å². The number of likely N-dealkylation sites (tertiary alicyclic amines) is 1. The summed E-state index contributed by atoms with van der Waals surface area (Å²) in [5, 5.41) is 2.86. The van der Waals surface area contributed by atoms with E-state index in [0.717, 1.165) is 12.1 Å². The van der Waals surface area contributed by atoms with Crippen molar-refractivity contribution in [3.05, 3.63) is 71.0 Å². The van der Waals surface area contributed by atoms with Crippen molar-refractivity contribution >= 4 is 5.91 Å². The van der Waals surface area contributed by atoms with Gasteiger partial charge in [-0.1, -0.05) is 24.3 Å². The Bertz CT molecular complexity index is 646. The van der Waals surface area contributed by atoms with E-state index in [1.54, 1.807) is 0 Å². The van der Waals surface area contributed by atoms with Crippen LogP contribution in [-0.2, 0) is 13.1 Å². The molecule has 3 rings (SSSR count). The minimum Gasteiger partial charge on any atom is -0.348 e. The third kappa shape index (κ3) is 4.39. The Morgan fingerprint density at radius 1 is 0.957 bits per heavy atom. The van der Waals surface area contributed by atoms with E-state index in [1.165, 1.54) is 55.8 Å². The molecule has 4 heteroatoms. The van der Waals surface area contributed by atoms with Gasteiger partial charge in [0.2, 0.25) is 0 Å². The lowest BCUT2D eigenvalue weighted by Crippen LogP contribution is -2.22. The van der Waals surface area contributed by atoms with E-state index >= 15 is 0 Å². The monoisotopic (exact) mass is 312 g/mol. The zero-order valence-electron chi connectivity index (χ0n) is 13.1. The number of benzene rings is 2. The Labute approximate surface area is 136 Å². The van der Waals surface area contributed by atoms with Crippen LogP contribution >= 0.6 is 0 Å². The molecule has 120 valence electrons. The SMILES string of the molecule is O=C(NCc1ccc(CN2CCCC2)cc1)c1ccc(F)cc1. The third-order valence-corrected chi connectivity index (χ3v) is 4.19. The minimum absolute atomic E-state index is 0.189. The molecule has 1 saturated heterocycles. The van der Waals surface area contributed by atoms with Crippen LogP contribution in [0.25, 0.3) is 0 Å². The Kier molecular flexibility index (Phi) is 5.03. The lowest BCUT2D eigenvalue weighted by Gasteiger charge is -2.14. The number of nitrogens with zero attached hydrogens (tertiary/aromatic N) is 1. The van der Waals surface area contributed by atoms with Gasteiger partial charge in [-0.05, 0) is 61.3 Å². The van der Waals surface area contributed by atoms with Gasteiger partial charge in [-0.2, -0.15) is 0 Å². The first-order chi connectivity index (χ1) is 11.2. The fourth-order valence-electron chi connectivity index (χ4n) is 2.85. The third-order valence-electron chi connectivity index (χ3n) is 4.19. The van der Waals surface area contributed by atoms with Crippen LogP contribution < -0.4 is 5.32 Å². The van der Waals surface area contributed by atoms with Crippen molar-refractivity contribution in [3.63, 3.8) is 0 Å². The van der Waals surface area contributed by atoms with E-state index in [0.29, 0.717) is 12.1 Å². The predicted octanol–water partition coefficient (Wildman–Crippen LogP) is 3.35. The number of rotatable bonds is 5.